The van der Waals surface area contributed by atoms with Gasteiger partial charge in [-0.2, -0.15) is 5.26 Å². The van der Waals surface area contributed by atoms with Gasteiger partial charge >= 0.3 is 0 Å². The zero-order chi connectivity index (χ0) is 13.5. The fraction of sp³-hybridized carbons (Fsp3) is 0.364. The van der Waals surface area contributed by atoms with Crippen LogP contribution < -0.4 is 0 Å². The van der Waals surface area contributed by atoms with Gasteiger partial charge in [0.2, 0.25) is 0 Å². The van der Waals surface area contributed by atoms with Gasteiger partial charge in [-0.25, -0.2) is 13.8 Å². The van der Waals surface area contributed by atoms with E-state index in [2.05, 4.69) is 4.98 Å². The molecule has 18 heavy (non-hydrogen) atoms. The molecule has 7 heteroatoms. The van der Waals surface area contributed by atoms with E-state index in [-0.39, 0.29) is 18.1 Å². The van der Waals surface area contributed by atoms with Gasteiger partial charge in [-0.05, 0) is 12.1 Å². The Labute approximate surface area is 108 Å². The van der Waals surface area contributed by atoms with Crippen LogP contribution in [0.15, 0.2) is 18.3 Å². The molecular formula is C11H10ClF2N3O. The number of hydrogen-bond acceptors (Lipinski definition) is 3. The number of hydrogen-bond donors (Lipinski definition) is 0. The Balaban J connectivity index is 2.84. The second kappa shape index (κ2) is 6.87. The summed E-state index contributed by atoms with van der Waals surface area (Å²) < 4.78 is 24.6. The third-order valence-electron chi connectivity index (χ3n) is 2.11. The van der Waals surface area contributed by atoms with Crippen LogP contribution in [-0.2, 0) is 0 Å². The van der Waals surface area contributed by atoms with Gasteiger partial charge in [-0.15, -0.1) is 11.6 Å². The van der Waals surface area contributed by atoms with Gasteiger partial charge in [-0.3, -0.25) is 4.79 Å². The molecule has 4 nitrogen and oxygen atoms in total. The monoisotopic (exact) mass is 273 g/mol. The van der Waals surface area contributed by atoms with E-state index in [1.165, 1.54) is 18.3 Å². The average molecular weight is 274 g/mol. The van der Waals surface area contributed by atoms with Gasteiger partial charge in [0.15, 0.2) is 0 Å². The van der Waals surface area contributed by atoms with Crippen molar-refractivity contribution >= 4 is 17.5 Å². The van der Waals surface area contributed by atoms with Crippen molar-refractivity contribution in [3.05, 3.63) is 29.6 Å². The first kappa shape index (κ1) is 14.3. The minimum atomic E-state index is -2.63. The van der Waals surface area contributed by atoms with Gasteiger partial charge in [-0.1, -0.05) is 0 Å². The molecule has 0 saturated heterocycles. The zero-order valence-electron chi connectivity index (χ0n) is 9.31. The fourth-order valence-electron chi connectivity index (χ4n) is 1.29. The van der Waals surface area contributed by atoms with Crippen LogP contribution in [0.5, 0.6) is 0 Å². The summed E-state index contributed by atoms with van der Waals surface area (Å²) in [5, 5.41) is 8.58. The summed E-state index contributed by atoms with van der Waals surface area (Å²) in [5.74, 6) is -0.560. The highest BCUT2D eigenvalue weighted by Gasteiger charge is 2.20. The SMILES string of the molecule is N#Cc1ccc(C(=O)N(CCCl)CC(F)F)nc1. The quantitative estimate of drug-likeness (QED) is 0.770. The maximum Gasteiger partial charge on any atom is 0.272 e. The van der Waals surface area contributed by atoms with E-state index in [9.17, 15) is 13.6 Å². The summed E-state index contributed by atoms with van der Waals surface area (Å²) in [4.78, 5) is 16.6. The molecule has 1 aromatic rings. The highest BCUT2D eigenvalue weighted by atomic mass is 35.5. The lowest BCUT2D eigenvalue weighted by Gasteiger charge is -2.20. The number of nitrogens with zero attached hydrogens (tertiary/aromatic N) is 3. The highest BCUT2D eigenvalue weighted by Crippen LogP contribution is 2.07. The molecule has 1 rings (SSSR count). The summed E-state index contributed by atoms with van der Waals surface area (Å²) in [5.41, 5.74) is 0.309. The van der Waals surface area contributed by atoms with Crippen LogP contribution in [0.3, 0.4) is 0 Å². The molecule has 0 bridgehead atoms. The molecule has 0 unspecified atom stereocenters. The second-order valence-electron chi connectivity index (χ2n) is 3.38. The van der Waals surface area contributed by atoms with Crippen LogP contribution in [-0.4, -0.2) is 41.2 Å². The Morgan fingerprint density at radius 2 is 2.28 bits per heavy atom. The first-order chi connectivity index (χ1) is 8.58. The first-order valence-corrected chi connectivity index (χ1v) is 5.61. The van der Waals surface area contributed by atoms with Gasteiger partial charge < -0.3 is 4.90 Å². The molecule has 0 aliphatic heterocycles. The van der Waals surface area contributed by atoms with Gasteiger partial charge in [0, 0.05) is 18.6 Å². The normalized spacial score (nSPS) is 10.2. The number of halogens is 3. The molecule has 0 spiro atoms. The summed E-state index contributed by atoms with van der Waals surface area (Å²) in [6, 6.07) is 4.58. The van der Waals surface area contributed by atoms with Crippen LogP contribution in [0, 0.1) is 11.3 Å². The molecule has 1 aromatic heterocycles. The number of pyridine rings is 1. The van der Waals surface area contributed by atoms with Crippen molar-refractivity contribution in [3.63, 3.8) is 0 Å². The molecule has 1 amide bonds. The molecule has 96 valence electrons. The third-order valence-corrected chi connectivity index (χ3v) is 2.28. The van der Waals surface area contributed by atoms with Crippen molar-refractivity contribution in [3.8, 4) is 6.07 Å². The number of alkyl halides is 3. The second-order valence-corrected chi connectivity index (χ2v) is 3.75. The summed E-state index contributed by atoms with van der Waals surface area (Å²) in [6.07, 6.45) is -1.41. The number of carbonyl (C=O) groups excluding carboxylic acids is 1. The molecule has 0 N–H and O–H groups in total. The first-order valence-electron chi connectivity index (χ1n) is 5.08. The number of nitriles is 1. The molecule has 1 heterocycles. The lowest BCUT2D eigenvalue weighted by molar-refractivity contribution is 0.0566. The molecule has 0 fully saturated rings. The summed E-state index contributed by atoms with van der Waals surface area (Å²) in [7, 11) is 0. The van der Waals surface area contributed by atoms with Crippen molar-refractivity contribution in [2.75, 3.05) is 19.0 Å². The van der Waals surface area contributed by atoms with E-state index >= 15 is 0 Å². The van der Waals surface area contributed by atoms with Crippen LogP contribution in [0.2, 0.25) is 0 Å². The summed E-state index contributed by atoms with van der Waals surface area (Å²) >= 11 is 5.46. The Kier molecular flexibility index (Phi) is 5.46. The van der Waals surface area contributed by atoms with Gasteiger partial charge in [0.1, 0.15) is 11.8 Å². The molecule has 0 aromatic carbocycles. The smallest absolute Gasteiger partial charge is 0.272 e. The lowest BCUT2D eigenvalue weighted by Crippen LogP contribution is -2.37. The molecule has 0 radical (unpaired) electrons. The van der Waals surface area contributed by atoms with E-state index in [1.54, 1.807) is 0 Å². The van der Waals surface area contributed by atoms with Crippen LogP contribution in [0.1, 0.15) is 16.1 Å². The minimum Gasteiger partial charge on any atom is -0.330 e. The predicted molar refractivity (Wildman–Crippen MR) is 61.6 cm³/mol. The maximum absolute atomic E-state index is 12.3. The maximum atomic E-state index is 12.3. The highest BCUT2D eigenvalue weighted by molar-refractivity contribution is 6.18. The van der Waals surface area contributed by atoms with Crippen molar-refractivity contribution in [2.45, 2.75) is 6.43 Å². The molecule has 0 saturated carbocycles. The molecule has 0 atom stereocenters. The number of carbonyl (C=O) groups is 1. The van der Waals surface area contributed by atoms with Crippen molar-refractivity contribution in [1.29, 1.82) is 5.26 Å². The van der Waals surface area contributed by atoms with Gasteiger partial charge in [0.05, 0.1) is 12.1 Å². The van der Waals surface area contributed by atoms with Crippen LogP contribution >= 0.6 is 11.6 Å². The Morgan fingerprint density at radius 1 is 1.56 bits per heavy atom. The van der Waals surface area contributed by atoms with Crippen LogP contribution in [0.25, 0.3) is 0 Å². The third kappa shape index (κ3) is 3.93. The minimum absolute atomic E-state index is 0.0137. The van der Waals surface area contributed by atoms with Crippen LogP contribution in [0.4, 0.5) is 8.78 Å². The van der Waals surface area contributed by atoms with Crippen molar-refractivity contribution in [1.82, 2.24) is 9.88 Å². The lowest BCUT2D eigenvalue weighted by atomic mass is 10.2. The zero-order valence-corrected chi connectivity index (χ0v) is 10.1. The topological polar surface area (TPSA) is 57.0 Å². The van der Waals surface area contributed by atoms with Gasteiger partial charge in [0.25, 0.3) is 12.3 Å². The predicted octanol–water partition coefficient (Wildman–Crippen LogP) is 1.90. The number of amides is 1. The van der Waals surface area contributed by atoms with E-state index in [0.29, 0.717) is 5.56 Å². The standard InChI is InChI=1S/C11H10ClF2N3O/c12-3-4-17(7-10(13)14)11(18)9-2-1-8(5-15)6-16-9/h1-2,6,10H,3-4,7H2. The van der Waals surface area contributed by atoms with E-state index in [4.69, 9.17) is 16.9 Å². The Bertz CT molecular complexity index is 445. The largest absolute Gasteiger partial charge is 0.330 e. The van der Waals surface area contributed by atoms with E-state index in [0.717, 1.165) is 4.90 Å². The number of rotatable bonds is 5. The van der Waals surface area contributed by atoms with Crippen molar-refractivity contribution < 1.29 is 13.6 Å². The fourth-order valence-corrected chi connectivity index (χ4v) is 1.50. The molecular weight excluding hydrogens is 264 g/mol. The Morgan fingerprint density at radius 3 is 2.72 bits per heavy atom. The molecule has 0 aliphatic carbocycles. The number of aromatic nitrogens is 1. The van der Waals surface area contributed by atoms with Crippen molar-refractivity contribution in [2.24, 2.45) is 0 Å². The van der Waals surface area contributed by atoms with E-state index < -0.39 is 18.9 Å². The molecule has 0 aliphatic rings. The average Bonchev–Trinajstić information content (AvgIpc) is 2.37. The Hall–Kier alpha value is -1.74. The van der Waals surface area contributed by atoms with E-state index in [1.807, 2.05) is 6.07 Å². The summed E-state index contributed by atoms with van der Waals surface area (Å²) in [6.45, 7) is -0.667.